The van der Waals surface area contributed by atoms with E-state index in [2.05, 4.69) is 10.2 Å². The average Bonchev–Trinajstić information content (AvgIpc) is 2.79. The lowest BCUT2D eigenvalue weighted by molar-refractivity contribution is -0.136. The zero-order valence-electron chi connectivity index (χ0n) is 15.6. The molecule has 8 nitrogen and oxygen atoms in total. The van der Waals surface area contributed by atoms with Gasteiger partial charge in [0.15, 0.2) is 0 Å². The van der Waals surface area contributed by atoms with Crippen LogP contribution < -0.4 is 11.1 Å². The SMILES string of the molecule is NC1CCCCN(Cc2ccc3c(c2)C(=O)N(C2CCC(=O)NC2=O)C3=O)C1. The van der Waals surface area contributed by atoms with Crippen molar-refractivity contribution >= 4 is 23.6 Å². The summed E-state index contributed by atoms with van der Waals surface area (Å²) in [5, 5.41) is 2.21. The fourth-order valence-electron chi connectivity index (χ4n) is 4.27. The molecule has 148 valence electrons. The quantitative estimate of drug-likeness (QED) is 0.730. The van der Waals surface area contributed by atoms with E-state index in [0.29, 0.717) is 17.7 Å². The van der Waals surface area contributed by atoms with Crippen molar-refractivity contribution in [3.63, 3.8) is 0 Å². The normalized spacial score (nSPS) is 26.2. The molecule has 3 aliphatic rings. The number of nitrogens with one attached hydrogen (secondary N) is 1. The van der Waals surface area contributed by atoms with Gasteiger partial charge in [-0.2, -0.15) is 0 Å². The molecule has 3 N–H and O–H groups in total. The monoisotopic (exact) mass is 384 g/mol. The van der Waals surface area contributed by atoms with Crippen LogP contribution in [-0.4, -0.2) is 58.6 Å². The summed E-state index contributed by atoms with van der Waals surface area (Å²) in [7, 11) is 0. The van der Waals surface area contributed by atoms with Crippen molar-refractivity contribution in [2.75, 3.05) is 13.1 Å². The molecule has 4 amide bonds. The van der Waals surface area contributed by atoms with Crippen molar-refractivity contribution in [2.24, 2.45) is 5.73 Å². The Hall–Kier alpha value is -2.58. The molecule has 0 saturated carbocycles. The largest absolute Gasteiger partial charge is 0.327 e. The first-order valence-electron chi connectivity index (χ1n) is 9.76. The van der Waals surface area contributed by atoms with Crippen LogP contribution in [0.3, 0.4) is 0 Å². The van der Waals surface area contributed by atoms with Gasteiger partial charge >= 0.3 is 0 Å². The molecule has 4 rings (SSSR count). The summed E-state index contributed by atoms with van der Waals surface area (Å²) in [5.74, 6) is -1.91. The lowest BCUT2D eigenvalue weighted by atomic mass is 10.0. The number of nitrogens with two attached hydrogens (primary N) is 1. The van der Waals surface area contributed by atoms with E-state index in [1.165, 1.54) is 0 Å². The number of nitrogens with zero attached hydrogens (tertiary/aromatic N) is 2. The summed E-state index contributed by atoms with van der Waals surface area (Å²) < 4.78 is 0. The highest BCUT2D eigenvalue weighted by Crippen LogP contribution is 2.28. The predicted molar refractivity (Wildman–Crippen MR) is 100 cm³/mol. The maximum Gasteiger partial charge on any atom is 0.262 e. The first-order chi connectivity index (χ1) is 13.4. The number of imide groups is 2. The Morgan fingerprint density at radius 3 is 2.61 bits per heavy atom. The van der Waals surface area contributed by atoms with Gasteiger partial charge in [0, 0.05) is 25.6 Å². The molecule has 3 aliphatic heterocycles. The number of likely N-dealkylation sites (tertiary alicyclic amines) is 1. The first-order valence-corrected chi connectivity index (χ1v) is 9.76. The zero-order chi connectivity index (χ0) is 19.8. The molecule has 2 fully saturated rings. The van der Waals surface area contributed by atoms with E-state index in [9.17, 15) is 19.2 Å². The Labute approximate surface area is 163 Å². The van der Waals surface area contributed by atoms with Crippen molar-refractivity contribution in [1.82, 2.24) is 15.1 Å². The molecule has 1 aromatic carbocycles. The van der Waals surface area contributed by atoms with Crippen LogP contribution in [0.2, 0.25) is 0 Å². The van der Waals surface area contributed by atoms with Crippen molar-refractivity contribution in [3.05, 3.63) is 34.9 Å². The Kier molecular flexibility index (Phi) is 4.99. The third kappa shape index (κ3) is 3.45. The zero-order valence-corrected chi connectivity index (χ0v) is 15.6. The lowest BCUT2D eigenvalue weighted by Crippen LogP contribution is -2.54. The van der Waals surface area contributed by atoms with E-state index in [0.717, 1.165) is 42.8 Å². The molecule has 2 saturated heterocycles. The molecule has 28 heavy (non-hydrogen) atoms. The standard InChI is InChI=1S/C20H24N4O4/c21-13-3-1-2-8-23(11-13)10-12-4-5-14-15(9-12)20(28)24(19(14)27)16-6-7-17(25)22-18(16)26/h4-5,9,13,16H,1-3,6-8,10-11,21H2,(H,22,25,26). The maximum absolute atomic E-state index is 12.9. The number of rotatable bonds is 3. The predicted octanol–water partition coefficient (Wildman–Crippen LogP) is 0.401. The molecule has 2 atom stereocenters. The molecule has 3 heterocycles. The first kappa shape index (κ1) is 18.8. The summed E-state index contributed by atoms with van der Waals surface area (Å²) in [5.41, 5.74) is 7.70. The third-order valence-electron chi connectivity index (χ3n) is 5.70. The number of carbonyl (C=O) groups is 4. The summed E-state index contributed by atoms with van der Waals surface area (Å²) in [6, 6.07) is 4.49. The van der Waals surface area contributed by atoms with Crippen molar-refractivity contribution in [1.29, 1.82) is 0 Å². The van der Waals surface area contributed by atoms with Crippen molar-refractivity contribution in [3.8, 4) is 0 Å². The van der Waals surface area contributed by atoms with Crippen LogP contribution in [-0.2, 0) is 16.1 Å². The lowest BCUT2D eigenvalue weighted by Gasteiger charge is -2.27. The number of hydrogen-bond acceptors (Lipinski definition) is 6. The number of hydrogen-bond donors (Lipinski definition) is 2. The maximum atomic E-state index is 12.9. The summed E-state index contributed by atoms with van der Waals surface area (Å²) in [4.78, 5) is 52.4. The van der Waals surface area contributed by atoms with E-state index in [1.54, 1.807) is 12.1 Å². The number of carbonyl (C=O) groups excluding carboxylic acids is 4. The van der Waals surface area contributed by atoms with Gasteiger partial charge in [0.05, 0.1) is 11.1 Å². The highest BCUT2D eigenvalue weighted by Gasteiger charge is 2.44. The van der Waals surface area contributed by atoms with Crippen LogP contribution in [0.5, 0.6) is 0 Å². The van der Waals surface area contributed by atoms with Crippen molar-refractivity contribution < 1.29 is 19.2 Å². The van der Waals surface area contributed by atoms with Gasteiger partial charge in [-0.15, -0.1) is 0 Å². The van der Waals surface area contributed by atoms with Crippen molar-refractivity contribution in [2.45, 2.75) is 50.7 Å². The van der Waals surface area contributed by atoms with Gasteiger partial charge in [0.1, 0.15) is 6.04 Å². The molecular weight excluding hydrogens is 360 g/mol. The van der Waals surface area contributed by atoms with E-state index in [4.69, 9.17) is 5.73 Å². The van der Waals surface area contributed by atoms with Gasteiger partial charge < -0.3 is 5.73 Å². The van der Waals surface area contributed by atoms with Crippen LogP contribution in [0.25, 0.3) is 0 Å². The van der Waals surface area contributed by atoms with Gasteiger partial charge in [-0.1, -0.05) is 12.5 Å². The van der Waals surface area contributed by atoms with Crippen LogP contribution in [0.15, 0.2) is 18.2 Å². The number of fused-ring (bicyclic) bond motifs is 1. The topological polar surface area (TPSA) is 113 Å². The Morgan fingerprint density at radius 2 is 1.82 bits per heavy atom. The van der Waals surface area contributed by atoms with E-state index >= 15 is 0 Å². The van der Waals surface area contributed by atoms with Gasteiger partial charge in [-0.25, -0.2) is 0 Å². The summed E-state index contributed by atoms with van der Waals surface area (Å²) >= 11 is 0. The number of benzene rings is 1. The summed E-state index contributed by atoms with van der Waals surface area (Å²) in [6.07, 6.45) is 3.52. The molecule has 0 radical (unpaired) electrons. The minimum atomic E-state index is -0.933. The fraction of sp³-hybridized carbons (Fsp3) is 0.500. The average molecular weight is 384 g/mol. The minimum absolute atomic E-state index is 0.115. The van der Waals surface area contributed by atoms with Crippen LogP contribution in [0.4, 0.5) is 0 Å². The fourth-order valence-corrected chi connectivity index (χ4v) is 4.27. The Balaban J connectivity index is 1.54. The van der Waals surface area contributed by atoms with Gasteiger partial charge in [0.2, 0.25) is 11.8 Å². The molecule has 0 aromatic heterocycles. The van der Waals surface area contributed by atoms with Crippen LogP contribution >= 0.6 is 0 Å². The van der Waals surface area contributed by atoms with Gasteiger partial charge in [-0.05, 0) is 43.5 Å². The second-order valence-electron chi connectivity index (χ2n) is 7.82. The summed E-state index contributed by atoms with van der Waals surface area (Å²) in [6.45, 7) is 2.44. The second kappa shape index (κ2) is 7.44. The van der Waals surface area contributed by atoms with Crippen LogP contribution in [0, 0.1) is 0 Å². The third-order valence-corrected chi connectivity index (χ3v) is 5.70. The highest BCUT2D eigenvalue weighted by atomic mass is 16.2. The molecule has 0 bridgehead atoms. The minimum Gasteiger partial charge on any atom is -0.327 e. The van der Waals surface area contributed by atoms with Crippen LogP contribution in [0.1, 0.15) is 58.4 Å². The molecule has 8 heteroatoms. The highest BCUT2D eigenvalue weighted by molar-refractivity contribution is 6.23. The van der Waals surface area contributed by atoms with E-state index < -0.39 is 23.8 Å². The number of piperidine rings is 1. The molecule has 0 spiro atoms. The molecule has 2 unspecified atom stereocenters. The van der Waals surface area contributed by atoms with E-state index in [1.807, 2.05) is 6.07 Å². The molecule has 1 aromatic rings. The second-order valence-corrected chi connectivity index (χ2v) is 7.82. The Morgan fingerprint density at radius 1 is 1.04 bits per heavy atom. The molecular formula is C20H24N4O4. The van der Waals surface area contributed by atoms with Gasteiger partial charge in [-0.3, -0.25) is 34.3 Å². The smallest absolute Gasteiger partial charge is 0.262 e. The number of amides is 4. The van der Waals surface area contributed by atoms with E-state index in [-0.39, 0.29) is 24.8 Å². The Bertz CT molecular complexity index is 853. The van der Waals surface area contributed by atoms with Gasteiger partial charge in [0.25, 0.3) is 11.8 Å². The molecule has 0 aliphatic carbocycles.